The third-order valence-electron chi connectivity index (χ3n) is 4.58. The summed E-state index contributed by atoms with van der Waals surface area (Å²) in [5.74, 6) is 1.31. The van der Waals surface area contributed by atoms with Gasteiger partial charge >= 0.3 is 0 Å². The van der Waals surface area contributed by atoms with Crippen molar-refractivity contribution in [2.45, 2.75) is 57.9 Å². The second-order valence-corrected chi connectivity index (χ2v) is 5.77. The van der Waals surface area contributed by atoms with Gasteiger partial charge in [-0.05, 0) is 51.0 Å². The molecule has 98 valence electrons. The summed E-state index contributed by atoms with van der Waals surface area (Å²) in [6.45, 7) is 3.80. The van der Waals surface area contributed by atoms with Crippen molar-refractivity contribution in [3.63, 3.8) is 0 Å². The van der Waals surface area contributed by atoms with Crippen molar-refractivity contribution in [2.24, 2.45) is 17.6 Å². The SMILES string of the molecule is CC1CCCC1C(=O)N(CCCN)C1CCC1. The molecule has 0 aromatic carbocycles. The molecular formula is C14H26N2O. The number of rotatable bonds is 5. The van der Waals surface area contributed by atoms with Crippen LogP contribution in [0.2, 0.25) is 0 Å². The van der Waals surface area contributed by atoms with Crippen molar-refractivity contribution >= 4 is 5.91 Å². The summed E-state index contributed by atoms with van der Waals surface area (Å²) < 4.78 is 0. The lowest BCUT2D eigenvalue weighted by Gasteiger charge is -2.39. The maximum atomic E-state index is 12.6. The number of nitrogens with zero attached hydrogens (tertiary/aromatic N) is 1. The zero-order valence-electron chi connectivity index (χ0n) is 11.0. The summed E-state index contributed by atoms with van der Waals surface area (Å²) >= 11 is 0. The van der Waals surface area contributed by atoms with E-state index in [0.717, 1.165) is 19.4 Å². The third-order valence-corrected chi connectivity index (χ3v) is 4.58. The minimum Gasteiger partial charge on any atom is -0.339 e. The fraction of sp³-hybridized carbons (Fsp3) is 0.929. The maximum Gasteiger partial charge on any atom is 0.226 e. The molecule has 0 aliphatic heterocycles. The van der Waals surface area contributed by atoms with Crippen LogP contribution in [0.4, 0.5) is 0 Å². The normalized spacial score (nSPS) is 29.1. The van der Waals surface area contributed by atoms with Crippen LogP contribution in [-0.4, -0.2) is 29.9 Å². The van der Waals surface area contributed by atoms with Crippen molar-refractivity contribution in [3.8, 4) is 0 Å². The number of hydrogen-bond donors (Lipinski definition) is 1. The predicted molar refractivity (Wildman–Crippen MR) is 69.5 cm³/mol. The molecule has 0 bridgehead atoms. The second kappa shape index (κ2) is 5.85. The van der Waals surface area contributed by atoms with Gasteiger partial charge in [-0.1, -0.05) is 13.3 Å². The van der Waals surface area contributed by atoms with Crippen LogP contribution in [0.1, 0.15) is 51.9 Å². The van der Waals surface area contributed by atoms with E-state index in [-0.39, 0.29) is 0 Å². The molecule has 2 aliphatic carbocycles. The molecule has 2 aliphatic rings. The fourth-order valence-corrected chi connectivity index (χ4v) is 3.16. The Hall–Kier alpha value is -0.570. The molecule has 0 heterocycles. The molecule has 0 saturated heterocycles. The number of nitrogens with two attached hydrogens (primary N) is 1. The highest BCUT2D eigenvalue weighted by molar-refractivity contribution is 5.79. The van der Waals surface area contributed by atoms with Gasteiger partial charge in [0.25, 0.3) is 0 Å². The van der Waals surface area contributed by atoms with Crippen molar-refractivity contribution in [2.75, 3.05) is 13.1 Å². The lowest BCUT2D eigenvalue weighted by atomic mass is 9.88. The summed E-state index contributed by atoms with van der Waals surface area (Å²) in [7, 11) is 0. The summed E-state index contributed by atoms with van der Waals surface area (Å²) in [6, 6.07) is 0.529. The number of carbonyl (C=O) groups excluding carboxylic acids is 1. The summed E-state index contributed by atoms with van der Waals surface area (Å²) in [6.07, 6.45) is 8.21. The standard InChI is InChI=1S/C14H26N2O/c1-11-5-2-8-13(11)14(17)16(10-4-9-15)12-6-3-7-12/h11-13H,2-10,15H2,1H3. The van der Waals surface area contributed by atoms with Gasteiger partial charge in [0.2, 0.25) is 5.91 Å². The van der Waals surface area contributed by atoms with Gasteiger partial charge in [0.1, 0.15) is 0 Å². The summed E-state index contributed by atoms with van der Waals surface area (Å²) in [5, 5.41) is 0. The van der Waals surface area contributed by atoms with Crippen LogP contribution in [0.25, 0.3) is 0 Å². The lowest BCUT2D eigenvalue weighted by molar-refractivity contribution is -0.140. The molecule has 0 spiro atoms. The molecule has 17 heavy (non-hydrogen) atoms. The Balaban J connectivity index is 1.95. The molecule has 1 amide bonds. The smallest absolute Gasteiger partial charge is 0.226 e. The third kappa shape index (κ3) is 2.82. The Labute approximate surface area is 105 Å². The van der Waals surface area contributed by atoms with Crippen molar-refractivity contribution < 1.29 is 4.79 Å². The van der Waals surface area contributed by atoms with Gasteiger partial charge in [-0.2, -0.15) is 0 Å². The zero-order valence-corrected chi connectivity index (χ0v) is 11.0. The molecule has 3 heteroatoms. The van der Waals surface area contributed by atoms with Gasteiger partial charge in [0.05, 0.1) is 0 Å². The van der Waals surface area contributed by atoms with Gasteiger partial charge in [-0.15, -0.1) is 0 Å². The van der Waals surface area contributed by atoms with Crippen molar-refractivity contribution in [3.05, 3.63) is 0 Å². The lowest BCUT2D eigenvalue weighted by Crippen LogP contribution is -2.48. The molecule has 2 saturated carbocycles. The van der Waals surface area contributed by atoms with E-state index in [1.165, 1.54) is 32.1 Å². The fourth-order valence-electron chi connectivity index (χ4n) is 3.16. The molecule has 0 radical (unpaired) electrons. The zero-order chi connectivity index (χ0) is 12.3. The minimum absolute atomic E-state index is 0.299. The number of carbonyl (C=O) groups is 1. The van der Waals surface area contributed by atoms with Gasteiger partial charge in [0, 0.05) is 18.5 Å². The summed E-state index contributed by atoms with van der Waals surface area (Å²) in [4.78, 5) is 14.7. The average molecular weight is 238 g/mol. The largest absolute Gasteiger partial charge is 0.339 e. The van der Waals surface area contributed by atoms with Gasteiger partial charge in [0.15, 0.2) is 0 Å². The van der Waals surface area contributed by atoms with Crippen LogP contribution in [0.3, 0.4) is 0 Å². The van der Waals surface area contributed by atoms with E-state index in [1.54, 1.807) is 0 Å². The minimum atomic E-state index is 0.299. The van der Waals surface area contributed by atoms with Crippen LogP contribution >= 0.6 is 0 Å². The Morgan fingerprint density at radius 2 is 1.94 bits per heavy atom. The molecule has 2 unspecified atom stereocenters. The molecule has 0 aromatic rings. The number of hydrogen-bond acceptors (Lipinski definition) is 2. The maximum absolute atomic E-state index is 12.6. The van der Waals surface area contributed by atoms with E-state index in [4.69, 9.17) is 5.73 Å². The topological polar surface area (TPSA) is 46.3 Å². The molecule has 2 N–H and O–H groups in total. The van der Waals surface area contributed by atoms with Gasteiger partial charge in [-0.25, -0.2) is 0 Å². The van der Waals surface area contributed by atoms with Crippen LogP contribution in [0.5, 0.6) is 0 Å². The molecule has 2 rings (SSSR count). The first kappa shape index (κ1) is 12.9. The molecule has 2 fully saturated rings. The quantitative estimate of drug-likeness (QED) is 0.797. The first-order valence-electron chi connectivity index (χ1n) is 7.24. The Morgan fingerprint density at radius 1 is 1.24 bits per heavy atom. The van der Waals surface area contributed by atoms with E-state index in [2.05, 4.69) is 11.8 Å². The highest BCUT2D eigenvalue weighted by Crippen LogP contribution is 2.35. The van der Waals surface area contributed by atoms with Crippen molar-refractivity contribution in [1.29, 1.82) is 0 Å². The van der Waals surface area contributed by atoms with Crippen LogP contribution in [0.15, 0.2) is 0 Å². The monoisotopic (exact) mass is 238 g/mol. The Bertz CT molecular complexity index is 263. The average Bonchev–Trinajstić information content (AvgIpc) is 2.67. The predicted octanol–water partition coefficient (Wildman–Crippen LogP) is 2.15. The first-order valence-corrected chi connectivity index (χ1v) is 7.24. The van der Waals surface area contributed by atoms with Crippen LogP contribution in [0, 0.1) is 11.8 Å². The highest BCUT2D eigenvalue weighted by atomic mass is 16.2. The molecule has 3 nitrogen and oxygen atoms in total. The van der Waals surface area contributed by atoms with Gasteiger partial charge < -0.3 is 10.6 Å². The van der Waals surface area contributed by atoms with Crippen molar-refractivity contribution in [1.82, 2.24) is 4.90 Å². The Kier molecular flexibility index (Phi) is 4.43. The van der Waals surface area contributed by atoms with E-state index in [9.17, 15) is 4.79 Å². The number of amides is 1. The van der Waals surface area contributed by atoms with E-state index in [1.807, 2.05) is 0 Å². The Morgan fingerprint density at radius 3 is 2.41 bits per heavy atom. The van der Waals surface area contributed by atoms with E-state index < -0.39 is 0 Å². The van der Waals surface area contributed by atoms with Crippen LogP contribution in [-0.2, 0) is 4.79 Å². The molecule has 0 aromatic heterocycles. The van der Waals surface area contributed by atoms with E-state index in [0.29, 0.717) is 30.3 Å². The molecule has 2 atom stereocenters. The highest BCUT2D eigenvalue weighted by Gasteiger charge is 2.36. The molecular weight excluding hydrogens is 212 g/mol. The summed E-state index contributed by atoms with van der Waals surface area (Å²) in [5.41, 5.74) is 5.58. The van der Waals surface area contributed by atoms with Crippen LogP contribution < -0.4 is 5.73 Å². The van der Waals surface area contributed by atoms with E-state index >= 15 is 0 Å². The first-order chi connectivity index (χ1) is 8.24. The second-order valence-electron chi connectivity index (χ2n) is 5.77. The van der Waals surface area contributed by atoms with Gasteiger partial charge in [-0.3, -0.25) is 4.79 Å².